The van der Waals surface area contributed by atoms with Gasteiger partial charge >= 0.3 is 0 Å². The Bertz CT molecular complexity index is 995. The summed E-state index contributed by atoms with van der Waals surface area (Å²) in [5.41, 5.74) is 4.76. The molecule has 0 unspecified atom stereocenters. The average Bonchev–Trinajstić information content (AvgIpc) is 2.92. The Labute approximate surface area is 147 Å². The van der Waals surface area contributed by atoms with Gasteiger partial charge in [0.1, 0.15) is 6.10 Å². The number of benzene rings is 2. The van der Waals surface area contributed by atoms with Gasteiger partial charge in [-0.25, -0.2) is 0 Å². The van der Waals surface area contributed by atoms with E-state index < -0.39 is 6.10 Å². The van der Waals surface area contributed by atoms with E-state index in [0.29, 0.717) is 13.1 Å². The smallest absolute Gasteiger partial charge is 0.178 e. The van der Waals surface area contributed by atoms with Crippen molar-refractivity contribution in [3.8, 4) is 0 Å². The third-order valence-corrected chi connectivity index (χ3v) is 4.89. The van der Waals surface area contributed by atoms with Gasteiger partial charge in [0.05, 0.1) is 6.54 Å². The van der Waals surface area contributed by atoms with Crippen LogP contribution in [0.15, 0.2) is 66.9 Å². The molecular weight excluding hydrogens is 308 g/mol. The summed E-state index contributed by atoms with van der Waals surface area (Å²) in [6.07, 6.45) is 1.60. The first-order valence-corrected chi connectivity index (χ1v) is 8.74. The minimum absolute atomic E-state index is 0.453. The molecule has 0 aliphatic heterocycles. The second kappa shape index (κ2) is 6.34. The van der Waals surface area contributed by atoms with Crippen molar-refractivity contribution in [2.45, 2.75) is 33.0 Å². The fourth-order valence-electron chi connectivity index (χ4n) is 3.69. The van der Waals surface area contributed by atoms with Gasteiger partial charge in [-0.05, 0) is 24.6 Å². The van der Waals surface area contributed by atoms with Crippen LogP contribution < -0.4 is 4.57 Å². The van der Waals surface area contributed by atoms with Crippen molar-refractivity contribution in [1.82, 2.24) is 4.57 Å². The second-order valence-electron chi connectivity index (χ2n) is 6.80. The zero-order valence-corrected chi connectivity index (χ0v) is 14.7. The van der Waals surface area contributed by atoms with Gasteiger partial charge in [-0.3, -0.25) is 0 Å². The van der Waals surface area contributed by atoms with Crippen molar-refractivity contribution in [1.29, 1.82) is 0 Å². The maximum absolute atomic E-state index is 10.7. The number of nitrogens with zero attached hydrogens (tertiary/aromatic N) is 2. The molecule has 2 aromatic heterocycles. The lowest BCUT2D eigenvalue weighted by molar-refractivity contribution is -0.709. The summed E-state index contributed by atoms with van der Waals surface area (Å²) in [5, 5.41) is 13.2. The summed E-state index contributed by atoms with van der Waals surface area (Å²) in [6, 6.07) is 21.1. The summed E-state index contributed by atoms with van der Waals surface area (Å²) in [7, 11) is 0. The fourth-order valence-corrected chi connectivity index (χ4v) is 3.69. The highest BCUT2D eigenvalue weighted by molar-refractivity contribution is 6.07. The number of fused-ring (bicyclic) bond motifs is 3. The number of pyridine rings is 1. The van der Waals surface area contributed by atoms with Gasteiger partial charge in [0.25, 0.3) is 0 Å². The largest absolute Gasteiger partial charge is 0.385 e. The molecule has 0 spiro atoms. The van der Waals surface area contributed by atoms with Crippen LogP contribution in [0.25, 0.3) is 21.8 Å². The van der Waals surface area contributed by atoms with Crippen molar-refractivity contribution >= 4 is 21.8 Å². The molecule has 0 radical (unpaired) electrons. The van der Waals surface area contributed by atoms with E-state index in [4.69, 9.17) is 0 Å². The van der Waals surface area contributed by atoms with Gasteiger partial charge in [0.15, 0.2) is 18.4 Å². The van der Waals surface area contributed by atoms with Crippen LogP contribution >= 0.6 is 0 Å². The standard InChI is InChI=1S/C22H23N2O/c1-16-11-12-23(17(2)13-16)14-18(25)15-24-21-9-5-3-7-19(21)20-8-4-6-10-22(20)24/h3-13,18,25H,14-15H2,1-2H3/q+1/t18-/m0/s1. The molecular formula is C22H23N2O+. The topological polar surface area (TPSA) is 29.0 Å². The molecule has 0 fully saturated rings. The van der Waals surface area contributed by atoms with Crippen LogP contribution in [0.4, 0.5) is 0 Å². The molecule has 3 nitrogen and oxygen atoms in total. The lowest BCUT2D eigenvalue weighted by atomic mass is 10.2. The molecule has 2 aromatic carbocycles. The molecule has 4 rings (SSSR count). The minimum atomic E-state index is -0.453. The second-order valence-corrected chi connectivity index (χ2v) is 6.80. The van der Waals surface area contributed by atoms with E-state index in [0.717, 1.165) is 0 Å². The van der Waals surface area contributed by atoms with E-state index in [1.807, 2.05) is 0 Å². The summed E-state index contributed by atoms with van der Waals surface area (Å²) in [6.45, 7) is 5.34. The number of aliphatic hydroxyl groups is 1. The Kier molecular flexibility index (Phi) is 4.02. The summed E-state index contributed by atoms with van der Waals surface area (Å²) < 4.78 is 4.35. The van der Waals surface area contributed by atoms with Crippen molar-refractivity contribution in [2.75, 3.05) is 0 Å². The van der Waals surface area contributed by atoms with E-state index in [1.54, 1.807) is 0 Å². The number of aromatic nitrogens is 2. The number of hydrogen-bond donors (Lipinski definition) is 1. The lowest BCUT2D eigenvalue weighted by Crippen LogP contribution is -2.43. The molecule has 1 atom stereocenters. The summed E-state index contributed by atoms with van der Waals surface area (Å²) in [5.74, 6) is 0. The van der Waals surface area contributed by atoms with E-state index in [2.05, 4.69) is 89.8 Å². The van der Waals surface area contributed by atoms with E-state index in [1.165, 1.54) is 33.1 Å². The number of para-hydroxylation sites is 2. The fraction of sp³-hybridized carbons (Fsp3) is 0.227. The van der Waals surface area contributed by atoms with Crippen LogP contribution in [0.5, 0.6) is 0 Å². The Morgan fingerprint density at radius 2 is 1.52 bits per heavy atom. The van der Waals surface area contributed by atoms with Crippen LogP contribution in [0.3, 0.4) is 0 Å². The predicted molar refractivity (Wildman–Crippen MR) is 102 cm³/mol. The molecule has 0 saturated heterocycles. The Balaban J connectivity index is 1.69. The SMILES string of the molecule is Cc1cc[n+](C[C@H](O)Cn2c3ccccc3c3ccccc32)c(C)c1. The van der Waals surface area contributed by atoms with Gasteiger partial charge in [0.2, 0.25) is 0 Å². The quantitative estimate of drug-likeness (QED) is 0.567. The molecule has 0 aliphatic rings. The van der Waals surface area contributed by atoms with Gasteiger partial charge in [-0.15, -0.1) is 0 Å². The number of aryl methyl sites for hydroxylation is 2. The van der Waals surface area contributed by atoms with E-state index in [9.17, 15) is 5.11 Å². The third-order valence-electron chi connectivity index (χ3n) is 4.89. The monoisotopic (exact) mass is 331 g/mol. The average molecular weight is 331 g/mol. The van der Waals surface area contributed by atoms with Gasteiger partial charge in [0, 0.05) is 40.9 Å². The molecule has 0 saturated carbocycles. The predicted octanol–water partition coefficient (Wildman–Crippen LogP) is 3.76. The van der Waals surface area contributed by atoms with Gasteiger partial charge in [-0.2, -0.15) is 4.57 Å². The van der Waals surface area contributed by atoms with Crippen molar-refractivity contribution < 1.29 is 9.67 Å². The Morgan fingerprint density at radius 1 is 0.920 bits per heavy atom. The first-order valence-electron chi connectivity index (χ1n) is 8.74. The van der Waals surface area contributed by atoms with Gasteiger partial charge in [-0.1, -0.05) is 36.4 Å². The van der Waals surface area contributed by atoms with Crippen LogP contribution in [0, 0.1) is 13.8 Å². The number of hydrogen-bond acceptors (Lipinski definition) is 1. The van der Waals surface area contributed by atoms with Crippen LogP contribution in [-0.4, -0.2) is 15.8 Å². The highest BCUT2D eigenvalue weighted by atomic mass is 16.3. The summed E-state index contributed by atoms with van der Waals surface area (Å²) in [4.78, 5) is 0. The van der Waals surface area contributed by atoms with Crippen LogP contribution in [0.1, 0.15) is 11.3 Å². The van der Waals surface area contributed by atoms with Crippen LogP contribution in [0.2, 0.25) is 0 Å². The maximum Gasteiger partial charge on any atom is 0.178 e. The van der Waals surface area contributed by atoms with E-state index in [-0.39, 0.29) is 0 Å². The molecule has 0 bridgehead atoms. The van der Waals surface area contributed by atoms with E-state index >= 15 is 0 Å². The van der Waals surface area contributed by atoms with Crippen molar-refractivity contribution in [3.63, 3.8) is 0 Å². The van der Waals surface area contributed by atoms with Crippen LogP contribution in [-0.2, 0) is 13.1 Å². The maximum atomic E-state index is 10.7. The summed E-state index contributed by atoms with van der Waals surface area (Å²) >= 11 is 0. The zero-order chi connectivity index (χ0) is 17.4. The first-order chi connectivity index (χ1) is 12.1. The molecule has 2 heterocycles. The first kappa shape index (κ1) is 15.9. The Hall–Kier alpha value is -2.65. The molecule has 126 valence electrons. The van der Waals surface area contributed by atoms with Crippen molar-refractivity contribution in [2.24, 2.45) is 0 Å². The zero-order valence-electron chi connectivity index (χ0n) is 14.7. The minimum Gasteiger partial charge on any atom is -0.385 e. The molecule has 0 aliphatic carbocycles. The molecule has 4 aromatic rings. The molecule has 1 N–H and O–H groups in total. The number of rotatable bonds is 4. The van der Waals surface area contributed by atoms with Crippen molar-refractivity contribution in [3.05, 3.63) is 78.1 Å². The third kappa shape index (κ3) is 2.92. The number of aliphatic hydroxyl groups excluding tert-OH is 1. The highest BCUT2D eigenvalue weighted by Gasteiger charge is 2.17. The van der Waals surface area contributed by atoms with Gasteiger partial charge < -0.3 is 9.67 Å². The Morgan fingerprint density at radius 3 is 2.12 bits per heavy atom. The molecule has 25 heavy (non-hydrogen) atoms. The molecule has 0 amide bonds. The normalized spacial score (nSPS) is 12.8. The molecule has 3 heteroatoms. The highest BCUT2D eigenvalue weighted by Crippen LogP contribution is 2.28. The lowest BCUT2D eigenvalue weighted by Gasteiger charge is -2.12.